The highest BCUT2D eigenvalue weighted by Crippen LogP contribution is 2.43. The van der Waals surface area contributed by atoms with Crippen molar-refractivity contribution in [3.63, 3.8) is 0 Å². The van der Waals surface area contributed by atoms with Crippen LogP contribution in [0.4, 0.5) is 0 Å². The Kier molecular flexibility index (Phi) is 5.52. The van der Waals surface area contributed by atoms with Gasteiger partial charge in [0.1, 0.15) is 17.1 Å². The van der Waals surface area contributed by atoms with Crippen molar-refractivity contribution in [1.82, 2.24) is 4.90 Å². The third-order valence-corrected chi connectivity index (χ3v) is 6.64. The minimum absolute atomic E-state index is 0.0430. The van der Waals surface area contributed by atoms with Crippen molar-refractivity contribution < 1.29 is 23.9 Å². The summed E-state index contributed by atoms with van der Waals surface area (Å²) in [5.74, 6) is 0.542. The van der Waals surface area contributed by atoms with E-state index in [0.29, 0.717) is 60.0 Å². The average molecular weight is 442 g/mol. The number of amides is 1. The zero-order valence-electron chi connectivity index (χ0n) is 17.8. The van der Waals surface area contributed by atoms with Crippen LogP contribution in [-0.4, -0.2) is 41.3 Å². The monoisotopic (exact) mass is 441 g/mol. The molecule has 0 radical (unpaired) electrons. The molecule has 1 fully saturated rings. The van der Waals surface area contributed by atoms with Gasteiger partial charge in [-0.15, -0.1) is 0 Å². The molecule has 0 saturated carbocycles. The maximum atomic E-state index is 12.9. The summed E-state index contributed by atoms with van der Waals surface area (Å²) in [6, 6.07) is 8.35. The molecule has 0 atom stereocenters. The normalized spacial score (nSPS) is 17.2. The minimum atomic E-state index is -0.591. The molecule has 2 aromatic rings. The number of fused-ring (bicyclic) bond motifs is 1. The van der Waals surface area contributed by atoms with Gasteiger partial charge in [0.25, 0.3) is 5.91 Å². The topological polar surface area (TPSA) is 72.9 Å². The number of hydrogen-bond donors (Lipinski definition) is 0. The molecule has 0 unspecified atom stereocenters. The highest BCUT2D eigenvalue weighted by atomic mass is 35.5. The average Bonchev–Trinajstić information content (AvgIpc) is 2.72. The van der Waals surface area contributed by atoms with Crippen LogP contribution in [0.2, 0.25) is 5.02 Å². The van der Waals surface area contributed by atoms with Crippen molar-refractivity contribution in [3.05, 3.63) is 57.6 Å². The van der Waals surface area contributed by atoms with Crippen LogP contribution in [0, 0.1) is 13.8 Å². The summed E-state index contributed by atoms with van der Waals surface area (Å²) in [6.45, 7) is 6.08. The number of likely N-dealkylation sites (tertiary alicyclic amines) is 1. The van der Waals surface area contributed by atoms with E-state index in [1.54, 1.807) is 29.2 Å². The number of aryl methyl sites for hydroxylation is 1. The Labute approximate surface area is 186 Å². The Morgan fingerprint density at radius 1 is 1.13 bits per heavy atom. The molecule has 2 heterocycles. The zero-order chi connectivity index (χ0) is 22.3. The molecule has 0 aliphatic carbocycles. The van der Waals surface area contributed by atoms with E-state index in [4.69, 9.17) is 21.1 Å². The predicted molar refractivity (Wildman–Crippen MR) is 116 cm³/mol. The summed E-state index contributed by atoms with van der Waals surface area (Å²) < 4.78 is 11.4. The number of carbonyl (C=O) groups is 3. The van der Waals surface area contributed by atoms with Crippen molar-refractivity contribution in [3.8, 4) is 11.5 Å². The number of esters is 1. The molecular weight excluding hydrogens is 418 g/mol. The summed E-state index contributed by atoms with van der Waals surface area (Å²) in [5.41, 5.74) is 2.16. The molecule has 2 aliphatic heterocycles. The van der Waals surface area contributed by atoms with Gasteiger partial charge in [0, 0.05) is 43.4 Å². The van der Waals surface area contributed by atoms with Crippen LogP contribution in [0.25, 0.3) is 0 Å². The number of Topliss-reactive ketones (excluding diaryl/α,β-unsaturated/α-hetero) is 1. The molecule has 162 valence electrons. The van der Waals surface area contributed by atoms with E-state index in [1.165, 1.54) is 6.92 Å². The summed E-state index contributed by atoms with van der Waals surface area (Å²) in [5, 5.41) is 0.604. The highest BCUT2D eigenvalue weighted by molar-refractivity contribution is 6.32. The van der Waals surface area contributed by atoms with Gasteiger partial charge in [-0.05, 0) is 55.3 Å². The van der Waals surface area contributed by atoms with E-state index in [2.05, 4.69) is 0 Å². The van der Waals surface area contributed by atoms with Crippen LogP contribution in [0.3, 0.4) is 0 Å². The quantitative estimate of drug-likeness (QED) is 0.506. The molecule has 0 N–H and O–H groups in total. The number of halogens is 1. The van der Waals surface area contributed by atoms with Gasteiger partial charge in [-0.2, -0.15) is 0 Å². The van der Waals surface area contributed by atoms with Gasteiger partial charge in [-0.1, -0.05) is 11.6 Å². The van der Waals surface area contributed by atoms with Gasteiger partial charge in [-0.3, -0.25) is 14.4 Å². The van der Waals surface area contributed by atoms with E-state index >= 15 is 0 Å². The minimum Gasteiger partial charge on any atom is -0.486 e. The molecule has 4 rings (SSSR count). The lowest BCUT2D eigenvalue weighted by atomic mass is 9.81. The Bertz CT molecular complexity index is 1070. The SMILES string of the molecule is CC(=O)Oc1ccc(C(=O)N2CCC3(CC2)CC(=O)c2c(cc(C)c(Cl)c2C)O3)cc1. The van der Waals surface area contributed by atoms with E-state index in [0.717, 1.165) is 11.1 Å². The number of carbonyl (C=O) groups excluding carboxylic acids is 3. The largest absolute Gasteiger partial charge is 0.486 e. The number of nitrogens with zero attached hydrogens (tertiary/aromatic N) is 1. The van der Waals surface area contributed by atoms with Crippen molar-refractivity contribution in [1.29, 1.82) is 0 Å². The molecule has 2 aliphatic rings. The summed E-state index contributed by atoms with van der Waals surface area (Å²) in [4.78, 5) is 38.6. The first-order valence-electron chi connectivity index (χ1n) is 10.3. The van der Waals surface area contributed by atoms with Crippen LogP contribution in [0.15, 0.2) is 30.3 Å². The molecule has 1 saturated heterocycles. The first-order valence-corrected chi connectivity index (χ1v) is 10.7. The summed E-state index contributed by atoms with van der Waals surface area (Å²) >= 11 is 6.33. The smallest absolute Gasteiger partial charge is 0.308 e. The fourth-order valence-corrected chi connectivity index (χ4v) is 4.56. The van der Waals surface area contributed by atoms with Gasteiger partial charge in [0.05, 0.1) is 12.0 Å². The molecule has 31 heavy (non-hydrogen) atoms. The Balaban J connectivity index is 1.46. The second kappa shape index (κ2) is 8.00. The number of rotatable bonds is 2. The van der Waals surface area contributed by atoms with Crippen LogP contribution in [0.5, 0.6) is 11.5 Å². The fraction of sp³-hybridized carbons (Fsp3) is 0.375. The Morgan fingerprint density at radius 2 is 1.77 bits per heavy atom. The molecule has 2 aromatic carbocycles. The van der Waals surface area contributed by atoms with Crippen molar-refractivity contribution in [2.75, 3.05) is 13.1 Å². The van der Waals surface area contributed by atoms with Crippen LogP contribution in [0.1, 0.15) is 58.0 Å². The van der Waals surface area contributed by atoms with Gasteiger partial charge in [-0.25, -0.2) is 0 Å². The van der Waals surface area contributed by atoms with Crippen LogP contribution >= 0.6 is 11.6 Å². The molecule has 0 aromatic heterocycles. The number of ketones is 1. The van der Waals surface area contributed by atoms with Gasteiger partial charge in [0.15, 0.2) is 5.78 Å². The van der Waals surface area contributed by atoms with Gasteiger partial charge < -0.3 is 14.4 Å². The number of ether oxygens (including phenoxy) is 2. The first kappa shape index (κ1) is 21.4. The third-order valence-electron chi connectivity index (χ3n) is 6.06. The lowest BCUT2D eigenvalue weighted by Gasteiger charge is -2.44. The predicted octanol–water partition coefficient (Wildman–Crippen LogP) is 4.52. The third kappa shape index (κ3) is 4.04. The summed E-state index contributed by atoms with van der Waals surface area (Å²) in [7, 11) is 0. The van der Waals surface area contributed by atoms with E-state index in [-0.39, 0.29) is 11.7 Å². The summed E-state index contributed by atoms with van der Waals surface area (Å²) in [6.07, 6.45) is 1.45. The van der Waals surface area contributed by atoms with Crippen LogP contribution < -0.4 is 9.47 Å². The zero-order valence-corrected chi connectivity index (χ0v) is 18.5. The van der Waals surface area contributed by atoms with Crippen LogP contribution in [-0.2, 0) is 4.79 Å². The molecule has 1 spiro atoms. The molecule has 6 nitrogen and oxygen atoms in total. The number of piperidine rings is 1. The number of hydrogen-bond acceptors (Lipinski definition) is 5. The molecular formula is C24H24ClNO5. The van der Waals surface area contributed by atoms with Crippen molar-refractivity contribution in [2.45, 2.75) is 45.6 Å². The van der Waals surface area contributed by atoms with Crippen molar-refractivity contribution >= 4 is 29.3 Å². The van der Waals surface area contributed by atoms with E-state index in [9.17, 15) is 14.4 Å². The van der Waals surface area contributed by atoms with Gasteiger partial charge in [0.2, 0.25) is 0 Å². The second-order valence-electron chi connectivity index (χ2n) is 8.30. The van der Waals surface area contributed by atoms with Crippen molar-refractivity contribution in [2.24, 2.45) is 0 Å². The molecule has 0 bridgehead atoms. The Morgan fingerprint density at radius 3 is 2.39 bits per heavy atom. The fourth-order valence-electron chi connectivity index (χ4n) is 4.41. The molecule has 1 amide bonds. The van der Waals surface area contributed by atoms with E-state index < -0.39 is 11.6 Å². The molecule has 7 heteroatoms. The Hall–Kier alpha value is -2.86. The standard InChI is InChI=1S/C24H24ClNO5/c1-14-12-20-21(15(2)22(14)25)19(28)13-24(31-20)8-10-26(11-9-24)23(29)17-4-6-18(7-5-17)30-16(3)27/h4-7,12H,8-11,13H2,1-3H3. The maximum absolute atomic E-state index is 12.9. The lowest BCUT2D eigenvalue weighted by Crippen LogP contribution is -2.52. The highest BCUT2D eigenvalue weighted by Gasteiger charge is 2.44. The maximum Gasteiger partial charge on any atom is 0.308 e. The van der Waals surface area contributed by atoms with E-state index in [1.807, 2.05) is 19.9 Å². The van der Waals surface area contributed by atoms with Gasteiger partial charge >= 0.3 is 5.97 Å². The second-order valence-corrected chi connectivity index (χ2v) is 8.68. The first-order chi connectivity index (χ1) is 14.7. The lowest BCUT2D eigenvalue weighted by molar-refractivity contribution is -0.131. The number of benzene rings is 2.